The zero-order valence-electron chi connectivity index (χ0n) is 11.2. The molecule has 0 fully saturated rings. The zero-order chi connectivity index (χ0) is 14.6. The summed E-state index contributed by atoms with van der Waals surface area (Å²) in [4.78, 5) is 4.07. The van der Waals surface area contributed by atoms with Crippen LogP contribution in [-0.4, -0.2) is 34.8 Å². The molecule has 0 aromatic carbocycles. The van der Waals surface area contributed by atoms with Crippen LogP contribution in [0.15, 0.2) is 12.1 Å². The Morgan fingerprint density at radius 2 is 2.05 bits per heavy atom. The first-order valence-corrected chi connectivity index (χ1v) is 5.84. The molecule has 0 aliphatic heterocycles. The monoisotopic (exact) mass is 275 g/mol. The van der Waals surface area contributed by atoms with Crippen LogP contribution in [0.2, 0.25) is 0 Å². The summed E-state index contributed by atoms with van der Waals surface area (Å²) in [5.41, 5.74) is 5.60. The smallest absolute Gasteiger partial charge is 0.265 e. The molecule has 108 valence electrons. The maximum atomic E-state index is 12.1. The molecule has 0 saturated heterocycles. The van der Waals surface area contributed by atoms with Crippen LogP contribution < -0.4 is 15.8 Å². The zero-order valence-corrected chi connectivity index (χ0v) is 11.2. The minimum Gasteiger partial charge on any atom is -0.470 e. The molecular weight excluding hydrogens is 256 g/mol. The van der Waals surface area contributed by atoms with E-state index in [0.29, 0.717) is 11.5 Å². The van der Waals surface area contributed by atoms with E-state index < -0.39 is 18.1 Å². The number of nitrogens with one attached hydrogen (secondary N) is 1. The first kappa shape index (κ1) is 15.4. The van der Waals surface area contributed by atoms with E-state index in [0.717, 1.165) is 0 Å². The summed E-state index contributed by atoms with van der Waals surface area (Å²) < 4.78 is 29.8. The van der Waals surface area contributed by atoms with Crippen molar-refractivity contribution in [3.63, 3.8) is 0 Å². The molecule has 1 aromatic rings. The standard InChI is InChI=1S/C12H19F2N3O2/c1-12(2,3)19-11-7(15)4-5-9(17-11)16-6-8(18)10(13)14/h4-5,8,10,18H,6,15H2,1-3H3,(H,16,17). The van der Waals surface area contributed by atoms with Crippen LogP contribution in [0, 0.1) is 0 Å². The average Bonchev–Trinajstić information content (AvgIpc) is 2.27. The van der Waals surface area contributed by atoms with Crippen LogP contribution in [0.5, 0.6) is 5.88 Å². The number of anilines is 2. The molecule has 0 bridgehead atoms. The van der Waals surface area contributed by atoms with Gasteiger partial charge in [-0.15, -0.1) is 0 Å². The lowest BCUT2D eigenvalue weighted by Gasteiger charge is -2.22. The Kier molecular flexibility index (Phi) is 4.88. The van der Waals surface area contributed by atoms with Gasteiger partial charge >= 0.3 is 0 Å². The van der Waals surface area contributed by atoms with Crippen molar-refractivity contribution in [2.24, 2.45) is 0 Å². The fraction of sp³-hybridized carbons (Fsp3) is 0.583. The molecule has 0 aliphatic carbocycles. The largest absolute Gasteiger partial charge is 0.470 e. The van der Waals surface area contributed by atoms with Gasteiger partial charge in [-0.25, -0.2) is 8.78 Å². The maximum Gasteiger partial charge on any atom is 0.265 e. The average molecular weight is 275 g/mol. The topological polar surface area (TPSA) is 80.4 Å². The van der Waals surface area contributed by atoms with Crippen LogP contribution in [0.1, 0.15) is 20.8 Å². The number of aliphatic hydroxyl groups excluding tert-OH is 1. The number of nitrogens with zero attached hydrogens (tertiary/aromatic N) is 1. The SMILES string of the molecule is CC(C)(C)Oc1nc(NCC(O)C(F)F)ccc1N. The third-order valence-electron chi connectivity index (χ3n) is 2.08. The first-order valence-electron chi connectivity index (χ1n) is 5.84. The van der Waals surface area contributed by atoms with Gasteiger partial charge in [-0.05, 0) is 32.9 Å². The Hall–Kier alpha value is -1.63. The summed E-state index contributed by atoms with van der Waals surface area (Å²) in [6.07, 6.45) is -4.54. The van der Waals surface area contributed by atoms with E-state index in [9.17, 15) is 8.78 Å². The number of pyridine rings is 1. The van der Waals surface area contributed by atoms with E-state index >= 15 is 0 Å². The van der Waals surface area contributed by atoms with Crippen molar-refractivity contribution in [1.82, 2.24) is 4.98 Å². The summed E-state index contributed by atoms with van der Waals surface area (Å²) in [7, 11) is 0. The van der Waals surface area contributed by atoms with Crippen molar-refractivity contribution in [1.29, 1.82) is 0 Å². The summed E-state index contributed by atoms with van der Waals surface area (Å²) in [5.74, 6) is 0.539. The summed E-state index contributed by atoms with van der Waals surface area (Å²) in [6, 6.07) is 3.09. The van der Waals surface area contributed by atoms with E-state index in [1.807, 2.05) is 20.8 Å². The van der Waals surface area contributed by atoms with Gasteiger partial charge in [0.25, 0.3) is 6.43 Å². The molecule has 1 rings (SSSR count). The summed E-state index contributed by atoms with van der Waals surface area (Å²) in [5, 5.41) is 11.6. The molecule has 0 aliphatic rings. The molecular formula is C12H19F2N3O2. The van der Waals surface area contributed by atoms with Gasteiger partial charge in [-0.2, -0.15) is 4.98 Å². The second-order valence-electron chi connectivity index (χ2n) is 5.09. The van der Waals surface area contributed by atoms with Crippen molar-refractivity contribution >= 4 is 11.5 Å². The lowest BCUT2D eigenvalue weighted by atomic mass is 10.2. The van der Waals surface area contributed by atoms with Gasteiger partial charge in [0.1, 0.15) is 17.5 Å². The van der Waals surface area contributed by atoms with E-state index in [1.54, 1.807) is 6.07 Å². The predicted molar refractivity (Wildman–Crippen MR) is 69.5 cm³/mol. The summed E-state index contributed by atoms with van der Waals surface area (Å²) in [6.45, 7) is 5.22. The minimum atomic E-state index is -2.80. The van der Waals surface area contributed by atoms with Gasteiger partial charge in [-0.3, -0.25) is 0 Å². The molecule has 0 amide bonds. The molecule has 19 heavy (non-hydrogen) atoms. The third kappa shape index (κ3) is 5.25. The lowest BCUT2D eigenvalue weighted by molar-refractivity contribution is 0.00380. The van der Waals surface area contributed by atoms with Crippen LogP contribution in [0.25, 0.3) is 0 Å². The molecule has 1 unspecified atom stereocenters. The number of aliphatic hydroxyl groups is 1. The minimum absolute atomic E-state index is 0.226. The fourth-order valence-electron chi connectivity index (χ4n) is 1.22. The number of hydrogen-bond acceptors (Lipinski definition) is 5. The number of nitrogens with two attached hydrogens (primary N) is 1. The number of halogens is 2. The molecule has 0 saturated carbocycles. The fourth-order valence-corrected chi connectivity index (χ4v) is 1.22. The van der Waals surface area contributed by atoms with Crippen LogP contribution in [0.4, 0.5) is 20.3 Å². The molecule has 1 atom stereocenters. The molecule has 7 heteroatoms. The van der Waals surface area contributed by atoms with E-state index in [1.165, 1.54) is 6.07 Å². The Morgan fingerprint density at radius 1 is 1.42 bits per heavy atom. The predicted octanol–water partition coefficient (Wildman–Crippen LogP) is 1.88. The number of nitrogen functional groups attached to an aromatic ring is 1. The highest BCUT2D eigenvalue weighted by Crippen LogP contribution is 2.24. The van der Waals surface area contributed by atoms with Gasteiger partial charge in [0.2, 0.25) is 5.88 Å². The maximum absolute atomic E-state index is 12.1. The highest BCUT2D eigenvalue weighted by atomic mass is 19.3. The van der Waals surface area contributed by atoms with Gasteiger partial charge in [0.05, 0.1) is 5.69 Å². The lowest BCUT2D eigenvalue weighted by Crippen LogP contribution is -2.27. The van der Waals surface area contributed by atoms with Crippen molar-refractivity contribution in [3.8, 4) is 5.88 Å². The number of alkyl halides is 2. The molecule has 0 spiro atoms. The van der Waals surface area contributed by atoms with Gasteiger partial charge < -0.3 is 20.9 Å². The number of rotatable bonds is 5. The van der Waals surface area contributed by atoms with E-state index in [4.69, 9.17) is 15.6 Å². The van der Waals surface area contributed by atoms with E-state index in [2.05, 4.69) is 10.3 Å². The van der Waals surface area contributed by atoms with Crippen molar-refractivity contribution in [3.05, 3.63) is 12.1 Å². The van der Waals surface area contributed by atoms with Crippen LogP contribution >= 0.6 is 0 Å². The van der Waals surface area contributed by atoms with Gasteiger partial charge in [0.15, 0.2) is 0 Å². The Morgan fingerprint density at radius 3 is 2.58 bits per heavy atom. The molecule has 0 radical (unpaired) electrons. The van der Waals surface area contributed by atoms with E-state index in [-0.39, 0.29) is 12.4 Å². The quantitative estimate of drug-likeness (QED) is 0.764. The highest BCUT2D eigenvalue weighted by molar-refractivity contribution is 5.53. The second-order valence-corrected chi connectivity index (χ2v) is 5.09. The molecule has 5 nitrogen and oxygen atoms in total. The number of aromatic nitrogens is 1. The van der Waals surface area contributed by atoms with Crippen molar-refractivity contribution < 1.29 is 18.6 Å². The Bertz CT molecular complexity index is 422. The number of ether oxygens (including phenoxy) is 1. The first-order chi connectivity index (χ1) is 8.69. The van der Waals surface area contributed by atoms with Crippen LogP contribution in [0.3, 0.4) is 0 Å². The molecule has 1 aromatic heterocycles. The molecule has 1 heterocycles. The third-order valence-corrected chi connectivity index (χ3v) is 2.08. The van der Waals surface area contributed by atoms with Gasteiger partial charge in [-0.1, -0.05) is 0 Å². The summed E-state index contributed by atoms with van der Waals surface area (Å²) >= 11 is 0. The number of hydrogen-bond donors (Lipinski definition) is 3. The highest BCUT2D eigenvalue weighted by Gasteiger charge is 2.18. The second kappa shape index (κ2) is 6.01. The Balaban J connectivity index is 2.73. The molecule has 4 N–H and O–H groups in total. The van der Waals surface area contributed by atoms with Gasteiger partial charge in [0, 0.05) is 6.54 Å². The van der Waals surface area contributed by atoms with Crippen LogP contribution in [-0.2, 0) is 0 Å². The van der Waals surface area contributed by atoms with Crippen molar-refractivity contribution in [2.75, 3.05) is 17.6 Å². The van der Waals surface area contributed by atoms with Crippen molar-refractivity contribution in [2.45, 2.75) is 38.9 Å². The Labute approximate surface area is 110 Å². The normalized spacial score (nSPS) is 13.4.